The van der Waals surface area contributed by atoms with Gasteiger partial charge in [-0.15, -0.1) is 0 Å². The average molecular weight is 315 g/mol. The van der Waals surface area contributed by atoms with E-state index in [1.165, 1.54) is 19.1 Å². The number of sulfone groups is 1. The Kier molecular flexibility index (Phi) is 6.33. The molecule has 1 amide bonds. The van der Waals surface area contributed by atoms with E-state index in [1.54, 1.807) is 4.90 Å². The second kappa shape index (κ2) is 7.54. The van der Waals surface area contributed by atoms with Crippen LogP contribution >= 0.6 is 0 Å². The van der Waals surface area contributed by atoms with Gasteiger partial charge in [0.05, 0.1) is 4.90 Å². The number of hydrogen-bond acceptors (Lipinski definition) is 3. The van der Waals surface area contributed by atoms with E-state index in [2.05, 4.69) is 0 Å². The number of amides is 1. The molecule has 0 fully saturated rings. The molecule has 0 aliphatic heterocycles. The molecule has 0 saturated heterocycles. The topological polar surface area (TPSA) is 54.5 Å². The molecule has 21 heavy (non-hydrogen) atoms. The maximum Gasteiger partial charge on any atom is 0.241 e. The van der Waals surface area contributed by atoms with E-state index in [-0.39, 0.29) is 4.90 Å². The molecule has 0 radical (unpaired) electrons. The predicted octanol–water partition coefficient (Wildman–Crippen LogP) is 2.64. The monoisotopic (exact) mass is 315 g/mol. The molecule has 0 N–H and O–H groups in total. The maximum atomic E-state index is 12.9. The van der Waals surface area contributed by atoms with Crippen LogP contribution in [0.3, 0.4) is 0 Å². The number of carbonyl (C=O) groups is 1. The van der Waals surface area contributed by atoms with E-state index in [1.807, 2.05) is 13.8 Å². The second-order valence-corrected chi connectivity index (χ2v) is 7.23. The fourth-order valence-electron chi connectivity index (χ4n) is 2.09. The highest BCUT2D eigenvalue weighted by Crippen LogP contribution is 2.18. The van der Waals surface area contributed by atoms with Crippen molar-refractivity contribution in [3.8, 4) is 0 Å². The highest BCUT2D eigenvalue weighted by molar-refractivity contribution is 7.92. The number of rotatable bonds is 7. The molecular formula is C15H22FNO3S. The molecule has 6 heteroatoms. The summed E-state index contributed by atoms with van der Waals surface area (Å²) in [5, 5.41) is -1.17. The van der Waals surface area contributed by atoms with Crippen molar-refractivity contribution in [3.63, 3.8) is 0 Å². The summed E-state index contributed by atoms with van der Waals surface area (Å²) >= 11 is 0. The fourth-order valence-corrected chi connectivity index (χ4v) is 3.43. The van der Waals surface area contributed by atoms with Gasteiger partial charge in [0.2, 0.25) is 5.91 Å². The molecule has 0 spiro atoms. The van der Waals surface area contributed by atoms with Gasteiger partial charge in [-0.05, 0) is 44.0 Å². The standard InChI is InChI=1S/C15H22FNO3S/c1-4-10-17(11-5-2)15(18)12(3)21(19,20)14-8-6-13(16)7-9-14/h6-9,12H,4-5,10-11H2,1-3H3. The van der Waals surface area contributed by atoms with Crippen LogP contribution in [0.15, 0.2) is 29.2 Å². The molecule has 0 saturated carbocycles. The Labute approximate surface area is 125 Å². The lowest BCUT2D eigenvalue weighted by molar-refractivity contribution is -0.130. The fraction of sp³-hybridized carbons (Fsp3) is 0.533. The van der Waals surface area contributed by atoms with E-state index >= 15 is 0 Å². The molecule has 4 nitrogen and oxygen atoms in total. The summed E-state index contributed by atoms with van der Waals surface area (Å²) < 4.78 is 37.7. The molecule has 1 rings (SSSR count). The first-order valence-corrected chi connectivity index (χ1v) is 8.67. The molecule has 1 atom stereocenters. The zero-order valence-electron chi connectivity index (χ0n) is 12.7. The Balaban J connectivity index is 3.01. The number of nitrogens with zero attached hydrogens (tertiary/aromatic N) is 1. The number of carbonyl (C=O) groups excluding carboxylic acids is 1. The van der Waals surface area contributed by atoms with Crippen molar-refractivity contribution in [2.45, 2.75) is 43.8 Å². The van der Waals surface area contributed by atoms with Crippen LogP contribution in [0.25, 0.3) is 0 Å². The lowest BCUT2D eigenvalue weighted by Gasteiger charge is -2.25. The smallest absolute Gasteiger partial charge is 0.241 e. The molecule has 1 aromatic rings. The van der Waals surface area contributed by atoms with Gasteiger partial charge in [-0.25, -0.2) is 12.8 Å². The molecular weight excluding hydrogens is 293 g/mol. The van der Waals surface area contributed by atoms with Crippen LogP contribution in [0.4, 0.5) is 4.39 Å². The van der Waals surface area contributed by atoms with Gasteiger partial charge in [0.25, 0.3) is 0 Å². The van der Waals surface area contributed by atoms with E-state index in [0.717, 1.165) is 25.0 Å². The number of benzene rings is 1. The average Bonchev–Trinajstić information content (AvgIpc) is 2.46. The van der Waals surface area contributed by atoms with Crippen molar-refractivity contribution in [1.82, 2.24) is 4.90 Å². The summed E-state index contributed by atoms with van der Waals surface area (Å²) in [5.41, 5.74) is 0. The Bertz CT molecular complexity index is 563. The van der Waals surface area contributed by atoms with Gasteiger partial charge < -0.3 is 4.90 Å². The van der Waals surface area contributed by atoms with Gasteiger partial charge in [-0.1, -0.05) is 13.8 Å². The Hall–Kier alpha value is -1.43. The van der Waals surface area contributed by atoms with Crippen LogP contribution in [0.2, 0.25) is 0 Å². The third kappa shape index (κ3) is 4.27. The van der Waals surface area contributed by atoms with E-state index < -0.39 is 26.8 Å². The summed E-state index contributed by atoms with van der Waals surface area (Å²) in [6.07, 6.45) is 1.55. The molecule has 0 bridgehead atoms. The number of halogens is 1. The first-order valence-electron chi connectivity index (χ1n) is 7.12. The Morgan fingerprint density at radius 2 is 1.62 bits per heavy atom. The summed E-state index contributed by atoms with van der Waals surface area (Å²) in [6, 6.07) is 4.55. The minimum Gasteiger partial charge on any atom is -0.342 e. The van der Waals surface area contributed by atoms with Gasteiger partial charge in [-0.3, -0.25) is 4.79 Å². The van der Waals surface area contributed by atoms with Crippen LogP contribution < -0.4 is 0 Å². The van der Waals surface area contributed by atoms with E-state index in [0.29, 0.717) is 13.1 Å². The lowest BCUT2D eigenvalue weighted by Crippen LogP contribution is -2.42. The van der Waals surface area contributed by atoms with Crippen molar-refractivity contribution in [2.75, 3.05) is 13.1 Å². The van der Waals surface area contributed by atoms with Crippen LogP contribution in [-0.4, -0.2) is 37.6 Å². The van der Waals surface area contributed by atoms with Gasteiger partial charge in [0.1, 0.15) is 11.1 Å². The van der Waals surface area contributed by atoms with Crippen molar-refractivity contribution in [1.29, 1.82) is 0 Å². The van der Waals surface area contributed by atoms with E-state index in [4.69, 9.17) is 0 Å². The third-order valence-corrected chi connectivity index (χ3v) is 5.32. The Morgan fingerprint density at radius 3 is 2.05 bits per heavy atom. The second-order valence-electron chi connectivity index (χ2n) is 4.97. The maximum absolute atomic E-state index is 12.9. The lowest BCUT2D eigenvalue weighted by atomic mass is 10.3. The van der Waals surface area contributed by atoms with Crippen molar-refractivity contribution < 1.29 is 17.6 Å². The van der Waals surface area contributed by atoms with Gasteiger partial charge in [0, 0.05) is 13.1 Å². The molecule has 0 heterocycles. The number of hydrogen-bond donors (Lipinski definition) is 0. The summed E-state index contributed by atoms with van der Waals surface area (Å²) in [6.45, 7) is 6.34. The predicted molar refractivity (Wildman–Crippen MR) is 80.2 cm³/mol. The van der Waals surface area contributed by atoms with Crippen molar-refractivity contribution in [2.24, 2.45) is 0 Å². The quantitative estimate of drug-likeness (QED) is 0.727. The highest BCUT2D eigenvalue weighted by atomic mass is 32.2. The van der Waals surface area contributed by atoms with Gasteiger partial charge in [-0.2, -0.15) is 0 Å². The largest absolute Gasteiger partial charge is 0.342 e. The first-order chi connectivity index (χ1) is 9.84. The van der Waals surface area contributed by atoms with Crippen LogP contribution in [0, 0.1) is 5.82 Å². The van der Waals surface area contributed by atoms with Gasteiger partial charge in [0.15, 0.2) is 9.84 Å². The van der Waals surface area contributed by atoms with Crippen LogP contribution in [-0.2, 0) is 14.6 Å². The van der Waals surface area contributed by atoms with Crippen molar-refractivity contribution >= 4 is 15.7 Å². The SMILES string of the molecule is CCCN(CCC)C(=O)C(C)S(=O)(=O)c1ccc(F)cc1. The normalized spacial score (nSPS) is 13.0. The zero-order chi connectivity index (χ0) is 16.0. The molecule has 0 aliphatic carbocycles. The molecule has 0 aliphatic rings. The van der Waals surface area contributed by atoms with Crippen LogP contribution in [0.1, 0.15) is 33.6 Å². The summed E-state index contributed by atoms with van der Waals surface area (Å²) in [5.74, 6) is -0.908. The minimum atomic E-state index is -3.79. The zero-order valence-corrected chi connectivity index (χ0v) is 13.5. The molecule has 0 aromatic heterocycles. The van der Waals surface area contributed by atoms with Gasteiger partial charge >= 0.3 is 0 Å². The summed E-state index contributed by atoms with van der Waals surface area (Å²) in [4.78, 5) is 13.9. The molecule has 1 aromatic carbocycles. The Morgan fingerprint density at radius 1 is 1.14 bits per heavy atom. The highest BCUT2D eigenvalue weighted by Gasteiger charge is 2.32. The first kappa shape index (κ1) is 17.6. The van der Waals surface area contributed by atoms with Crippen molar-refractivity contribution in [3.05, 3.63) is 30.1 Å². The van der Waals surface area contributed by atoms with E-state index in [9.17, 15) is 17.6 Å². The van der Waals surface area contributed by atoms with Crippen LogP contribution in [0.5, 0.6) is 0 Å². The summed E-state index contributed by atoms with van der Waals surface area (Å²) in [7, 11) is -3.79. The molecule has 118 valence electrons. The third-order valence-electron chi connectivity index (χ3n) is 3.25. The molecule has 1 unspecified atom stereocenters. The minimum absolute atomic E-state index is 0.0299.